The Bertz CT molecular complexity index is 1180. The molecule has 0 bridgehead atoms. The molecule has 2 heterocycles. The number of ether oxygens (including phenoxy) is 2. The van der Waals surface area contributed by atoms with E-state index in [2.05, 4.69) is 0 Å². The topological polar surface area (TPSA) is 91.8 Å². The number of hydrogen-bond acceptors (Lipinski definition) is 6. The molecular weight excluding hydrogens is 382 g/mol. The van der Waals surface area contributed by atoms with E-state index in [9.17, 15) is 9.59 Å². The van der Waals surface area contributed by atoms with Crippen LogP contribution in [0.2, 0.25) is 5.02 Å². The monoisotopic (exact) mass is 397 g/mol. The Kier molecular flexibility index (Phi) is 4.57. The van der Waals surface area contributed by atoms with Crippen molar-refractivity contribution in [2.75, 3.05) is 6.61 Å². The van der Waals surface area contributed by atoms with Gasteiger partial charge in [-0.3, -0.25) is 0 Å². The maximum atomic E-state index is 12.9. The van der Waals surface area contributed by atoms with Gasteiger partial charge in [-0.2, -0.15) is 0 Å². The van der Waals surface area contributed by atoms with Gasteiger partial charge in [-0.05, 0) is 36.8 Å². The van der Waals surface area contributed by atoms with Gasteiger partial charge in [0, 0.05) is 5.02 Å². The highest BCUT2D eigenvalue weighted by Gasteiger charge is 2.39. The molecule has 6 nitrogen and oxygen atoms in total. The molecule has 0 amide bonds. The summed E-state index contributed by atoms with van der Waals surface area (Å²) >= 11 is 6.15. The van der Waals surface area contributed by atoms with Crippen LogP contribution in [0, 0.1) is 0 Å². The van der Waals surface area contributed by atoms with Crippen molar-refractivity contribution in [2.45, 2.75) is 12.8 Å². The van der Waals surface area contributed by atoms with Crippen LogP contribution >= 0.6 is 11.6 Å². The fraction of sp³-hybridized carbons (Fsp3) is 0.143. The Morgan fingerprint density at radius 3 is 2.75 bits per heavy atom. The molecule has 0 fully saturated rings. The largest absolute Gasteiger partial charge is 0.462 e. The van der Waals surface area contributed by atoms with E-state index in [0.717, 1.165) is 0 Å². The van der Waals surface area contributed by atoms with Crippen molar-refractivity contribution in [3.05, 3.63) is 86.6 Å². The van der Waals surface area contributed by atoms with Gasteiger partial charge in [0.2, 0.25) is 5.88 Å². The van der Waals surface area contributed by atoms with E-state index >= 15 is 0 Å². The van der Waals surface area contributed by atoms with Gasteiger partial charge < -0.3 is 19.6 Å². The Labute approximate surface area is 165 Å². The maximum Gasteiger partial charge on any atom is 0.344 e. The molecular formula is C21H16ClNO5. The standard InChI is InChI=1S/C21H16ClNO5/c1-2-26-20(24)17-15(11-6-5-7-12(22)10-11)16-18(28-19(17)23)13-8-3-4-9-14(13)27-21(16)25/h3-10,15H,2,23H2,1H3/t15-/m0/s1. The van der Waals surface area contributed by atoms with Gasteiger partial charge in [0.25, 0.3) is 0 Å². The number of esters is 1. The van der Waals surface area contributed by atoms with E-state index in [0.29, 0.717) is 21.6 Å². The molecule has 7 heteroatoms. The summed E-state index contributed by atoms with van der Waals surface area (Å²) in [5.74, 6) is -1.35. The summed E-state index contributed by atoms with van der Waals surface area (Å²) in [4.78, 5) is 25.5. The molecule has 0 aliphatic carbocycles. The Morgan fingerprint density at radius 2 is 2.00 bits per heavy atom. The first-order chi connectivity index (χ1) is 13.5. The smallest absolute Gasteiger partial charge is 0.344 e. The molecule has 2 aromatic carbocycles. The SMILES string of the molecule is CCOC(=O)C1=C(N)Oc2c(c(=O)oc3ccccc23)[C@@H]1c1cccc(Cl)c1. The molecule has 0 saturated heterocycles. The molecule has 1 aliphatic rings. The van der Waals surface area contributed by atoms with Crippen LogP contribution in [-0.4, -0.2) is 12.6 Å². The number of nitrogens with two attached hydrogens (primary N) is 1. The van der Waals surface area contributed by atoms with E-state index in [1.165, 1.54) is 0 Å². The number of halogens is 1. The van der Waals surface area contributed by atoms with Crippen LogP contribution in [0.25, 0.3) is 11.0 Å². The first-order valence-corrected chi connectivity index (χ1v) is 9.05. The average molecular weight is 398 g/mol. The number of fused-ring (bicyclic) bond motifs is 3. The van der Waals surface area contributed by atoms with Crippen LogP contribution in [-0.2, 0) is 9.53 Å². The molecule has 1 atom stereocenters. The fourth-order valence-electron chi connectivity index (χ4n) is 3.39. The lowest BCUT2D eigenvalue weighted by Gasteiger charge is -2.28. The van der Waals surface area contributed by atoms with Crippen molar-refractivity contribution in [1.82, 2.24) is 0 Å². The quantitative estimate of drug-likeness (QED) is 0.535. The lowest BCUT2D eigenvalue weighted by Crippen LogP contribution is -2.31. The number of hydrogen-bond donors (Lipinski definition) is 1. The van der Waals surface area contributed by atoms with Gasteiger partial charge in [-0.15, -0.1) is 0 Å². The summed E-state index contributed by atoms with van der Waals surface area (Å²) in [7, 11) is 0. The number of rotatable bonds is 3. The molecule has 0 radical (unpaired) electrons. The second kappa shape index (κ2) is 7.05. The van der Waals surface area contributed by atoms with Crippen LogP contribution in [0.15, 0.2) is 69.2 Å². The van der Waals surface area contributed by atoms with Crippen molar-refractivity contribution >= 4 is 28.5 Å². The minimum absolute atomic E-state index is 0.0409. The van der Waals surface area contributed by atoms with Crippen molar-refractivity contribution < 1.29 is 18.7 Å². The maximum absolute atomic E-state index is 12.9. The normalized spacial score (nSPS) is 15.9. The number of carbonyl (C=O) groups excluding carboxylic acids is 1. The highest BCUT2D eigenvalue weighted by atomic mass is 35.5. The Balaban J connectivity index is 2.05. The summed E-state index contributed by atoms with van der Waals surface area (Å²) in [5, 5.41) is 1.03. The minimum atomic E-state index is -0.831. The minimum Gasteiger partial charge on any atom is -0.462 e. The highest BCUT2D eigenvalue weighted by molar-refractivity contribution is 6.30. The zero-order chi connectivity index (χ0) is 19.8. The van der Waals surface area contributed by atoms with Gasteiger partial charge in [-0.1, -0.05) is 35.9 Å². The third-order valence-corrected chi connectivity index (χ3v) is 4.77. The van der Waals surface area contributed by atoms with Crippen LogP contribution in [0.1, 0.15) is 24.0 Å². The van der Waals surface area contributed by atoms with E-state index in [4.69, 9.17) is 31.2 Å². The molecule has 4 rings (SSSR count). The fourth-order valence-corrected chi connectivity index (χ4v) is 3.59. The summed E-state index contributed by atoms with van der Waals surface area (Å²) in [6.45, 7) is 1.83. The number of benzene rings is 2. The summed E-state index contributed by atoms with van der Waals surface area (Å²) < 4.78 is 16.4. The molecule has 0 spiro atoms. The zero-order valence-corrected chi connectivity index (χ0v) is 15.7. The van der Waals surface area contributed by atoms with E-state index in [1.54, 1.807) is 55.5 Å². The highest BCUT2D eigenvalue weighted by Crippen LogP contribution is 2.44. The van der Waals surface area contributed by atoms with Crippen molar-refractivity contribution in [1.29, 1.82) is 0 Å². The molecule has 1 aromatic heterocycles. The lowest BCUT2D eigenvalue weighted by atomic mass is 9.83. The summed E-state index contributed by atoms with van der Waals surface area (Å²) in [5.41, 5.74) is 6.69. The third-order valence-electron chi connectivity index (χ3n) is 4.53. The van der Waals surface area contributed by atoms with Gasteiger partial charge >= 0.3 is 11.6 Å². The van der Waals surface area contributed by atoms with Gasteiger partial charge in [0.05, 0.1) is 23.5 Å². The second-order valence-electron chi connectivity index (χ2n) is 6.22. The van der Waals surface area contributed by atoms with Crippen LogP contribution in [0.5, 0.6) is 5.75 Å². The van der Waals surface area contributed by atoms with Crippen molar-refractivity contribution in [2.24, 2.45) is 5.73 Å². The van der Waals surface area contributed by atoms with Crippen LogP contribution < -0.4 is 16.1 Å². The second-order valence-corrected chi connectivity index (χ2v) is 6.65. The Hall–Kier alpha value is -3.25. The van der Waals surface area contributed by atoms with E-state index in [1.807, 2.05) is 0 Å². The molecule has 0 saturated carbocycles. The van der Waals surface area contributed by atoms with Crippen LogP contribution in [0.3, 0.4) is 0 Å². The molecule has 0 unspecified atom stereocenters. The van der Waals surface area contributed by atoms with Crippen molar-refractivity contribution in [3.63, 3.8) is 0 Å². The van der Waals surface area contributed by atoms with Crippen molar-refractivity contribution in [3.8, 4) is 5.75 Å². The summed E-state index contributed by atoms with van der Waals surface area (Å²) in [6.07, 6.45) is 0. The van der Waals surface area contributed by atoms with Gasteiger partial charge in [0.15, 0.2) is 5.75 Å². The third kappa shape index (κ3) is 2.92. The Morgan fingerprint density at radius 1 is 1.21 bits per heavy atom. The summed E-state index contributed by atoms with van der Waals surface area (Å²) in [6, 6.07) is 13.8. The molecule has 1 aliphatic heterocycles. The predicted octanol–water partition coefficient (Wildman–Crippen LogP) is 3.70. The molecule has 28 heavy (non-hydrogen) atoms. The predicted molar refractivity (Wildman–Crippen MR) is 104 cm³/mol. The number of carbonyl (C=O) groups is 1. The van der Waals surface area contributed by atoms with Crippen LogP contribution in [0.4, 0.5) is 0 Å². The number of para-hydroxylation sites is 1. The molecule has 142 valence electrons. The molecule has 2 N–H and O–H groups in total. The van der Waals surface area contributed by atoms with Gasteiger partial charge in [0.1, 0.15) is 11.2 Å². The van der Waals surface area contributed by atoms with Gasteiger partial charge in [-0.25, -0.2) is 9.59 Å². The average Bonchev–Trinajstić information content (AvgIpc) is 2.67. The molecule has 3 aromatic rings. The first kappa shape index (κ1) is 18.1. The zero-order valence-electron chi connectivity index (χ0n) is 14.9. The lowest BCUT2D eigenvalue weighted by molar-refractivity contribution is -0.139. The first-order valence-electron chi connectivity index (χ1n) is 8.67. The van der Waals surface area contributed by atoms with E-state index < -0.39 is 17.5 Å². The van der Waals surface area contributed by atoms with E-state index in [-0.39, 0.29) is 29.4 Å².